The maximum atomic E-state index is 9.51. The first-order valence-electron chi connectivity index (χ1n) is 10.3. The molecule has 0 saturated carbocycles. The number of nitrogens with zero attached hydrogens (tertiary/aromatic N) is 2. The van der Waals surface area contributed by atoms with Crippen LogP contribution in [0.15, 0.2) is 42.5 Å². The molecule has 3 aromatic rings. The lowest BCUT2D eigenvalue weighted by atomic mass is 10.0. The first-order valence-corrected chi connectivity index (χ1v) is 10.3. The van der Waals surface area contributed by atoms with E-state index in [2.05, 4.69) is 78.0 Å². The molecule has 0 unspecified atom stereocenters. The Balaban J connectivity index is 1.52. The summed E-state index contributed by atoms with van der Waals surface area (Å²) >= 11 is 0. The third kappa shape index (κ3) is 3.86. The molecular weight excluding hydrogens is 346 g/mol. The summed E-state index contributed by atoms with van der Waals surface area (Å²) in [7, 11) is 0. The summed E-state index contributed by atoms with van der Waals surface area (Å²) in [4.78, 5) is 8.43. The number of aromatic nitrogens is 1. The first-order chi connectivity index (χ1) is 13.5. The van der Waals surface area contributed by atoms with E-state index in [-0.39, 0.29) is 6.61 Å². The molecule has 0 spiro atoms. The standard InChI is InChI=1S/C24H31N3O/c1-17(2)27-11-9-26(10-12-27)15-19-5-4-6-20(13-19)21-7-8-23-22(14-21)18(3)24(16-28)25-23/h4-8,13-14,17,25,28H,9-12,15-16H2,1-3H3. The fourth-order valence-electron chi connectivity index (χ4n) is 4.27. The van der Waals surface area contributed by atoms with Crippen LogP contribution in [0.3, 0.4) is 0 Å². The van der Waals surface area contributed by atoms with Gasteiger partial charge in [0.25, 0.3) is 0 Å². The van der Waals surface area contributed by atoms with E-state index in [9.17, 15) is 5.11 Å². The number of aryl methyl sites for hydroxylation is 1. The molecule has 4 nitrogen and oxygen atoms in total. The Hall–Kier alpha value is -2.14. The van der Waals surface area contributed by atoms with E-state index < -0.39 is 0 Å². The van der Waals surface area contributed by atoms with E-state index >= 15 is 0 Å². The van der Waals surface area contributed by atoms with Gasteiger partial charge in [-0.1, -0.05) is 24.3 Å². The maximum Gasteiger partial charge on any atom is 0.0833 e. The van der Waals surface area contributed by atoms with Crippen LogP contribution in [0.1, 0.15) is 30.7 Å². The van der Waals surface area contributed by atoms with Crippen molar-refractivity contribution in [3.63, 3.8) is 0 Å². The van der Waals surface area contributed by atoms with Crippen molar-refractivity contribution in [3.05, 3.63) is 59.3 Å². The van der Waals surface area contributed by atoms with Gasteiger partial charge in [-0.25, -0.2) is 0 Å². The van der Waals surface area contributed by atoms with Crippen LogP contribution in [0.5, 0.6) is 0 Å². The summed E-state index contributed by atoms with van der Waals surface area (Å²) in [6, 6.07) is 16.1. The molecule has 1 aromatic heterocycles. The Kier molecular flexibility index (Phi) is 5.54. The molecular formula is C24H31N3O. The van der Waals surface area contributed by atoms with Gasteiger partial charge in [0.05, 0.1) is 6.61 Å². The number of piperazine rings is 1. The quantitative estimate of drug-likeness (QED) is 0.702. The molecule has 28 heavy (non-hydrogen) atoms. The molecule has 0 bridgehead atoms. The third-order valence-electron chi connectivity index (χ3n) is 6.12. The SMILES string of the molecule is Cc1c(CO)[nH]c2ccc(-c3cccc(CN4CCN(C(C)C)CC4)c3)cc12. The number of rotatable bonds is 5. The Bertz CT molecular complexity index is 952. The Morgan fingerprint density at radius 1 is 1.00 bits per heavy atom. The van der Waals surface area contributed by atoms with Crippen LogP contribution in [0, 0.1) is 6.92 Å². The summed E-state index contributed by atoms with van der Waals surface area (Å²) < 4.78 is 0. The summed E-state index contributed by atoms with van der Waals surface area (Å²) in [6.45, 7) is 12.3. The van der Waals surface area contributed by atoms with Crippen molar-refractivity contribution in [3.8, 4) is 11.1 Å². The van der Waals surface area contributed by atoms with Gasteiger partial charge in [0, 0.05) is 55.4 Å². The molecule has 4 rings (SSSR count). The molecule has 1 aliphatic heterocycles. The lowest BCUT2D eigenvalue weighted by Crippen LogP contribution is -2.48. The van der Waals surface area contributed by atoms with Crippen molar-refractivity contribution >= 4 is 10.9 Å². The van der Waals surface area contributed by atoms with Gasteiger partial charge in [0.2, 0.25) is 0 Å². The minimum atomic E-state index is 0.0510. The van der Waals surface area contributed by atoms with Crippen molar-refractivity contribution in [2.75, 3.05) is 26.2 Å². The van der Waals surface area contributed by atoms with Crippen molar-refractivity contribution < 1.29 is 5.11 Å². The van der Waals surface area contributed by atoms with Gasteiger partial charge in [-0.15, -0.1) is 0 Å². The molecule has 2 aromatic carbocycles. The number of nitrogens with one attached hydrogen (secondary N) is 1. The highest BCUT2D eigenvalue weighted by atomic mass is 16.3. The molecule has 0 atom stereocenters. The van der Waals surface area contributed by atoms with E-state index in [1.165, 1.54) is 22.1 Å². The van der Waals surface area contributed by atoms with Crippen LogP contribution in [0.25, 0.3) is 22.0 Å². The molecule has 1 fully saturated rings. The van der Waals surface area contributed by atoms with Crippen LogP contribution in [0.2, 0.25) is 0 Å². The van der Waals surface area contributed by atoms with Crippen molar-refractivity contribution in [2.45, 2.75) is 40.0 Å². The second-order valence-electron chi connectivity index (χ2n) is 8.25. The third-order valence-corrected chi connectivity index (χ3v) is 6.12. The van der Waals surface area contributed by atoms with Gasteiger partial charge < -0.3 is 10.1 Å². The van der Waals surface area contributed by atoms with Gasteiger partial charge in [0.15, 0.2) is 0 Å². The van der Waals surface area contributed by atoms with Crippen LogP contribution >= 0.6 is 0 Å². The average molecular weight is 378 g/mol. The van der Waals surface area contributed by atoms with Gasteiger partial charge in [0.1, 0.15) is 0 Å². The highest BCUT2D eigenvalue weighted by Crippen LogP contribution is 2.29. The fraction of sp³-hybridized carbons (Fsp3) is 0.417. The van der Waals surface area contributed by atoms with E-state index in [4.69, 9.17) is 0 Å². The minimum absolute atomic E-state index is 0.0510. The normalized spacial score (nSPS) is 16.3. The zero-order valence-electron chi connectivity index (χ0n) is 17.2. The van der Waals surface area contributed by atoms with E-state index in [1.54, 1.807) is 0 Å². The number of H-pyrrole nitrogens is 1. The van der Waals surface area contributed by atoms with Gasteiger partial charge >= 0.3 is 0 Å². The second kappa shape index (κ2) is 8.08. The van der Waals surface area contributed by atoms with Crippen molar-refractivity contribution in [1.82, 2.24) is 14.8 Å². The Labute approximate surface area is 167 Å². The molecule has 148 valence electrons. The molecule has 2 heterocycles. The zero-order chi connectivity index (χ0) is 19.7. The molecule has 0 amide bonds. The van der Waals surface area contributed by atoms with Gasteiger partial charge in [-0.2, -0.15) is 0 Å². The predicted molar refractivity (Wildman–Crippen MR) is 116 cm³/mol. The number of fused-ring (bicyclic) bond motifs is 1. The molecule has 0 radical (unpaired) electrons. The number of aliphatic hydroxyl groups excluding tert-OH is 1. The van der Waals surface area contributed by atoms with Crippen molar-refractivity contribution in [1.29, 1.82) is 0 Å². The van der Waals surface area contributed by atoms with Crippen LogP contribution < -0.4 is 0 Å². The molecule has 4 heteroatoms. The second-order valence-corrected chi connectivity index (χ2v) is 8.25. The van der Waals surface area contributed by atoms with Crippen LogP contribution in [0.4, 0.5) is 0 Å². The maximum absolute atomic E-state index is 9.51. The largest absolute Gasteiger partial charge is 0.390 e. The number of benzene rings is 2. The first kappa shape index (κ1) is 19.2. The molecule has 1 aliphatic rings. The molecule has 0 aliphatic carbocycles. The van der Waals surface area contributed by atoms with Crippen molar-refractivity contribution in [2.24, 2.45) is 0 Å². The molecule has 1 saturated heterocycles. The Morgan fingerprint density at radius 2 is 1.75 bits per heavy atom. The lowest BCUT2D eigenvalue weighted by molar-refractivity contribution is 0.104. The lowest BCUT2D eigenvalue weighted by Gasteiger charge is -2.37. The fourth-order valence-corrected chi connectivity index (χ4v) is 4.27. The molecule has 2 N–H and O–H groups in total. The summed E-state index contributed by atoms with van der Waals surface area (Å²) in [5.41, 5.74) is 6.99. The Morgan fingerprint density at radius 3 is 2.46 bits per heavy atom. The van der Waals surface area contributed by atoms with Gasteiger partial charge in [-0.05, 0) is 61.2 Å². The average Bonchev–Trinajstić information content (AvgIpc) is 3.04. The summed E-state index contributed by atoms with van der Waals surface area (Å²) in [5.74, 6) is 0. The van der Waals surface area contributed by atoms with Crippen LogP contribution in [-0.4, -0.2) is 52.1 Å². The van der Waals surface area contributed by atoms with E-state index in [0.29, 0.717) is 6.04 Å². The topological polar surface area (TPSA) is 42.5 Å². The van der Waals surface area contributed by atoms with Crippen LogP contribution in [-0.2, 0) is 13.2 Å². The number of aliphatic hydroxyl groups is 1. The highest BCUT2D eigenvalue weighted by Gasteiger charge is 2.18. The number of hydrogen-bond donors (Lipinski definition) is 2. The number of aromatic amines is 1. The van der Waals surface area contributed by atoms with Gasteiger partial charge in [-0.3, -0.25) is 9.80 Å². The predicted octanol–water partition coefficient (Wildman–Crippen LogP) is 4.16. The van der Waals surface area contributed by atoms with E-state index in [0.717, 1.165) is 49.5 Å². The summed E-state index contributed by atoms with van der Waals surface area (Å²) in [6.07, 6.45) is 0. The monoisotopic (exact) mass is 377 g/mol. The zero-order valence-corrected chi connectivity index (χ0v) is 17.2. The van der Waals surface area contributed by atoms with E-state index in [1.807, 2.05) is 0 Å². The summed E-state index contributed by atoms with van der Waals surface area (Å²) in [5, 5.41) is 10.7. The highest BCUT2D eigenvalue weighted by molar-refractivity contribution is 5.89. The minimum Gasteiger partial charge on any atom is -0.390 e. The number of hydrogen-bond acceptors (Lipinski definition) is 3. The smallest absolute Gasteiger partial charge is 0.0833 e.